The van der Waals surface area contributed by atoms with Gasteiger partial charge in [-0.25, -0.2) is 0 Å². The SMILES string of the molecule is CC(=O)O[C@@H](CCCl)c1ccc(C(C)C)cc1. The van der Waals surface area contributed by atoms with Gasteiger partial charge in [-0.2, -0.15) is 0 Å². The van der Waals surface area contributed by atoms with Gasteiger partial charge in [-0.1, -0.05) is 38.1 Å². The third kappa shape index (κ3) is 4.39. The number of hydrogen-bond donors (Lipinski definition) is 0. The summed E-state index contributed by atoms with van der Waals surface area (Å²) in [5.74, 6) is 0.710. The number of ether oxygens (including phenoxy) is 1. The van der Waals surface area contributed by atoms with Gasteiger partial charge in [0, 0.05) is 19.2 Å². The lowest BCUT2D eigenvalue weighted by Crippen LogP contribution is -2.09. The molecule has 3 heteroatoms. The first-order valence-corrected chi connectivity index (χ1v) is 6.41. The maximum atomic E-state index is 11.0. The highest BCUT2D eigenvalue weighted by Gasteiger charge is 2.14. The monoisotopic (exact) mass is 254 g/mol. The molecule has 0 heterocycles. The van der Waals surface area contributed by atoms with E-state index in [0.717, 1.165) is 5.56 Å². The average molecular weight is 255 g/mol. The summed E-state index contributed by atoms with van der Waals surface area (Å²) in [7, 11) is 0. The molecule has 94 valence electrons. The molecule has 2 nitrogen and oxygen atoms in total. The molecule has 0 aliphatic rings. The van der Waals surface area contributed by atoms with Gasteiger partial charge in [0.2, 0.25) is 0 Å². The van der Waals surface area contributed by atoms with Crippen LogP contribution in [0.15, 0.2) is 24.3 Å². The summed E-state index contributed by atoms with van der Waals surface area (Å²) >= 11 is 5.72. The lowest BCUT2D eigenvalue weighted by atomic mass is 9.99. The lowest BCUT2D eigenvalue weighted by Gasteiger charge is -2.17. The number of alkyl halides is 1. The number of esters is 1. The van der Waals surface area contributed by atoms with E-state index in [1.807, 2.05) is 12.1 Å². The van der Waals surface area contributed by atoms with Gasteiger partial charge in [0.05, 0.1) is 0 Å². The van der Waals surface area contributed by atoms with Crippen molar-refractivity contribution in [2.75, 3.05) is 5.88 Å². The Morgan fingerprint density at radius 2 is 1.76 bits per heavy atom. The second kappa shape index (κ2) is 6.65. The van der Waals surface area contributed by atoms with Crippen LogP contribution in [-0.2, 0) is 9.53 Å². The molecule has 17 heavy (non-hydrogen) atoms. The van der Waals surface area contributed by atoms with E-state index in [4.69, 9.17) is 16.3 Å². The molecule has 0 amide bonds. The van der Waals surface area contributed by atoms with Crippen LogP contribution in [0.5, 0.6) is 0 Å². The highest BCUT2D eigenvalue weighted by molar-refractivity contribution is 6.17. The highest BCUT2D eigenvalue weighted by atomic mass is 35.5. The Bertz CT molecular complexity index is 357. The minimum Gasteiger partial charge on any atom is -0.458 e. The zero-order chi connectivity index (χ0) is 12.8. The maximum Gasteiger partial charge on any atom is 0.303 e. The summed E-state index contributed by atoms with van der Waals surface area (Å²) in [4.78, 5) is 11.0. The second-order valence-electron chi connectivity index (χ2n) is 4.40. The summed E-state index contributed by atoms with van der Waals surface area (Å²) in [6.07, 6.45) is 0.411. The van der Waals surface area contributed by atoms with E-state index < -0.39 is 0 Å². The number of carbonyl (C=O) groups excluding carboxylic acids is 1. The van der Waals surface area contributed by atoms with Crippen molar-refractivity contribution in [1.29, 1.82) is 0 Å². The largest absolute Gasteiger partial charge is 0.458 e. The molecule has 0 unspecified atom stereocenters. The highest BCUT2D eigenvalue weighted by Crippen LogP contribution is 2.24. The number of benzene rings is 1. The molecule has 1 atom stereocenters. The molecule has 0 N–H and O–H groups in total. The van der Waals surface area contributed by atoms with Crippen LogP contribution in [0, 0.1) is 0 Å². The van der Waals surface area contributed by atoms with E-state index in [0.29, 0.717) is 18.2 Å². The number of hydrogen-bond acceptors (Lipinski definition) is 2. The molecule has 0 fully saturated rings. The first kappa shape index (κ1) is 14.0. The summed E-state index contributed by atoms with van der Waals surface area (Å²) in [6, 6.07) is 8.17. The van der Waals surface area contributed by atoms with Gasteiger partial charge < -0.3 is 4.74 Å². The van der Waals surface area contributed by atoms with Crippen molar-refractivity contribution in [3.63, 3.8) is 0 Å². The van der Waals surface area contributed by atoms with Crippen LogP contribution in [0.25, 0.3) is 0 Å². The first-order valence-electron chi connectivity index (χ1n) is 5.87. The molecule has 0 saturated carbocycles. The Morgan fingerprint density at radius 1 is 1.24 bits per heavy atom. The van der Waals surface area contributed by atoms with Crippen LogP contribution in [0.2, 0.25) is 0 Å². The van der Waals surface area contributed by atoms with E-state index in [1.54, 1.807) is 0 Å². The molecule has 0 saturated heterocycles. The summed E-state index contributed by atoms with van der Waals surface area (Å²) in [5, 5.41) is 0. The van der Waals surface area contributed by atoms with E-state index in [1.165, 1.54) is 12.5 Å². The minimum atomic E-state index is -0.270. The molecule has 0 aliphatic carbocycles. The van der Waals surface area contributed by atoms with Gasteiger partial charge in [0.1, 0.15) is 6.10 Å². The van der Waals surface area contributed by atoms with E-state index in [2.05, 4.69) is 26.0 Å². The first-order chi connectivity index (χ1) is 8.04. The van der Waals surface area contributed by atoms with Gasteiger partial charge in [-0.3, -0.25) is 4.79 Å². The van der Waals surface area contributed by atoms with Gasteiger partial charge in [0.15, 0.2) is 0 Å². The zero-order valence-corrected chi connectivity index (χ0v) is 11.3. The summed E-state index contributed by atoms with van der Waals surface area (Å²) in [6.45, 7) is 5.72. The molecular weight excluding hydrogens is 236 g/mol. The maximum absolute atomic E-state index is 11.0. The third-order valence-electron chi connectivity index (χ3n) is 2.65. The molecule has 0 bridgehead atoms. The minimum absolute atomic E-state index is 0.230. The number of rotatable bonds is 5. The van der Waals surface area contributed by atoms with Crippen LogP contribution >= 0.6 is 11.6 Å². The molecule has 1 aromatic rings. The molecule has 0 radical (unpaired) electrons. The fourth-order valence-corrected chi connectivity index (χ4v) is 1.89. The van der Waals surface area contributed by atoms with Crippen molar-refractivity contribution in [3.8, 4) is 0 Å². The van der Waals surface area contributed by atoms with E-state index in [-0.39, 0.29) is 12.1 Å². The molecule has 0 aliphatic heterocycles. The fraction of sp³-hybridized carbons (Fsp3) is 0.500. The Labute approximate surface area is 108 Å². The normalized spacial score (nSPS) is 12.5. The standard InChI is InChI=1S/C14H19ClO2/c1-10(2)12-4-6-13(7-5-12)14(8-9-15)17-11(3)16/h4-7,10,14H,8-9H2,1-3H3/t14-/m0/s1. The molecule has 1 aromatic carbocycles. The smallest absolute Gasteiger partial charge is 0.303 e. The molecule has 0 aromatic heterocycles. The van der Waals surface area contributed by atoms with Crippen LogP contribution in [0.4, 0.5) is 0 Å². The van der Waals surface area contributed by atoms with Crippen molar-refractivity contribution >= 4 is 17.6 Å². The Kier molecular flexibility index (Phi) is 5.49. The van der Waals surface area contributed by atoms with Gasteiger partial charge in [-0.05, 0) is 17.0 Å². The predicted octanol–water partition coefficient (Wildman–Crippen LogP) is 4.04. The topological polar surface area (TPSA) is 26.3 Å². The van der Waals surface area contributed by atoms with Crippen molar-refractivity contribution in [2.45, 2.75) is 39.2 Å². The average Bonchev–Trinajstić information content (AvgIpc) is 2.28. The third-order valence-corrected chi connectivity index (χ3v) is 2.87. The quantitative estimate of drug-likeness (QED) is 0.586. The van der Waals surface area contributed by atoms with Crippen LogP contribution in [0.1, 0.15) is 50.3 Å². The Morgan fingerprint density at radius 3 is 2.18 bits per heavy atom. The fourth-order valence-electron chi connectivity index (χ4n) is 1.69. The number of carbonyl (C=O) groups is 1. The van der Waals surface area contributed by atoms with Crippen molar-refractivity contribution in [2.24, 2.45) is 0 Å². The van der Waals surface area contributed by atoms with Gasteiger partial charge >= 0.3 is 5.97 Å². The van der Waals surface area contributed by atoms with Crippen molar-refractivity contribution in [3.05, 3.63) is 35.4 Å². The molecule has 0 spiro atoms. The Hall–Kier alpha value is -1.02. The van der Waals surface area contributed by atoms with Gasteiger partial charge in [0.25, 0.3) is 0 Å². The van der Waals surface area contributed by atoms with Gasteiger partial charge in [-0.15, -0.1) is 11.6 Å². The van der Waals surface area contributed by atoms with Crippen LogP contribution in [0.3, 0.4) is 0 Å². The van der Waals surface area contributed by atoms with Crippen molar-refractivity contribution in [1.82, 2.24) is 0 Å². The van der Waals surface area contributed by atoms with Crippen LogP contribution < -0.4 is 0 Å². The second-order valence-corrected chi connectivity index (χ2v) is 4.78. The zero-order valence-electron chi connectivity index (χ0n) is 10.6. The lowest BCUT2D eigenvalue weighted by molar-refractivity contribution is -0.146. The predicted molar refractivity (Wildman–Crippen MR) is 70.4 cm³/mol. The summed E-state index contributed by atoms with van der Waals surface area (Å²) in [5.41, 5.74) is 2.28. The van der Waals surface area contributed by atoms with E-state index in [9.17, 15) is 4.79 Å². The van der Waals surface area contributed by atoms with Crippen LogP contribution in [-0.4, -0.2) is 11.8 Å². The molecular formula is C14H19ClO2. The van der Waals surface area contributed by atoms with Crippen molar-refractivity contribution < 1.29 is 9.53 Å². The van der Waals surface area contributed by atoms with E-state index >= 15 is 0 Å². The summed E-state index contributed by atoms with van der Waals surface area (Å²) < 4.78 is 5.25. The number of halogens is 1. The Balaban J connectivity index is 2.83. The molecule has 1 rings (SSSR count).